The van der Waals surface area contributed by atoms with Crippen LogP contribution in [0.5, 0.6) is 0 Å². The van der Waals surface area contributed by atoms with E-state index >= 15 is 0 Å². The second-order valence-corrected chi connectivity index (χ2v) is 5.07. The summed E-state index contributed by atoms with van der Waals surface area (Å²) in [6.07, 6.45) is 4.45. The molecule has 1 aliphatic rings. The summed E-state index contributed by atoms with van der Waals surface area (Å²) in [7, 11) is 0. The van der Waals surface area contributed by atoms with Gasteiger partial charge in [0.2, 0.25) is 0 Å². The molecule has 0 saturated heterocycles. The molecule has 1 saturated carbocycles. The zero-order valence-corrected chi connectivity index (χ0v) is 10.2. The van der Waals surface area contributed by atoms with Gasteiger partial charge in [0.15, 0.2) is 5.92 Å². The third-order valence-corrected chi connectivity index (χ3v) is 3.43. The van der Waals surface area contributed by atoms with E-state index in [1.807, 2.05) is 13.8 Å². The predicted molar refractivity (Wildman–Crippen MR) is 58.9 cm³/mol. The molecule has 0 radical (unpaired) electrons. The number of esters is 1. The van der Waals surface area contributed by atoms with Gasteiger partial charge in [-0.05, 0) is 39.5 Å². The maximum Gasteiger partial charge on any atom is 0.320 e. The summed E-state index contributed by atoms with van der Waals surface area (Å²) in [4.78, 5) is 22.2. The van der Waals surface area contributed by atoms with Crippen molar-refractivity contribution in [2.75, 3.05) is 0 Å². The Kier molecular flexibility index (Phi) is 3.94. The number of aliphatic carboxylic acids is 1. The molecule has 4 nitrogen and oxygen atoms in total. The van der Waals surface area contributed by atoms with Gasteiger partial charge in [-0.3, -0.25) is 9.59 Å². The molecule has 0 aromatic rings. The minimum atomic E-state index is -1.13. The van der Waals surface area contributed by atoms with Gasteiger partial charge in [0.25, 0.3) is 0 Å². The zero-order valence-electron chi connectivity index (χ0n) is 10.2. The van der Waals surface area contributed by atoms with E-state index in [0.29, 0.717) is 5.92 Å². The average molecular weight is 228 g/mol. The van der Waals surface area contributed by atoms with Gasteiger partial charge in [-0.2, -0.15) is 0 Å². The second-order valence-electron chi connectivity index (χ2n) is 5.07. The highest BCUT2D eigenvalue weighted by Gasteiger charge is 2.37. The Labute approximate surface area is 96.0 Å². The summed E-state index contributed by atoms with van der Waals surface area (Å²) in [5, 5.41) is 8.71. The Balaban J connectivity index is 2.57. The normalized spacial score (nSPS) is 19.4. The smallest absolute Gasteiger partial charge is 0.320 e. The van der Waals surface area contributed by atoms with Gasteiger partial charge in [0.05, 0.1) is 0 Å². The van der Waals surface area contributed by atoms with Crippen molar-refractivity contribution in [2.45, 2.75) is 52.1 Å². The molecule has 92 valence electrons. The van der Waals surface area contributed by atoms with Gasteiger partial charge in [0, 0.05) is 0 Å². The van der Waals surface area contributed by atoms with Crippen LogP contribution in [0.25, 0.3) is 0 Å². The van der Waals surface area contributed by atoms with Crippen molar-refractivity contribution in [3.63, 3.8) is 0 Å². The van der Waals surface area contributed by atoms with Crippen molar-refractivity contribution < 1.29 is 19.4 Å². The maximum absolute atomic E-state index is 11.6. The minimum absolute atomic E-state index is 0.359. The monoisotopic (exact) mass is 228 g/mol. The lowest BCUT2D eigenvalue weighted by molar-refractivity contribution is -0.171. The quantitative estimate of drug-likeness (QED) is 0.592. The minimum Gasteiger partial charge on any atom is -0.481 e. The van der Waals surface area contributed by atoms with Crippen LogP contribution in [-0.4, -0.2) is 22.6 Å². The van der Waals surface area contributed by atoms with E-state index in [2.05, 4.69) is 0 Å². The average Bonchev–Trinajstić information content (AvgIpc) is 2.68. The van der Waals surface area contributed by atoms with Crippen molar-refractivity contribution in [1.82, 2.24) is 0 Å². The summed E-state index contributed by atoms with van der Waals surface area (Å²) < 4.78 is 5.33. The van der Waals surface area contributed by atoms with E-state index in [4.69, 9.17) is 9.84 Å². The Hall–Kier alpha value is -1.06. The molecular formula is C12H20O4. The Morgan fingerprint density at radius 1 is 1.31 bits per heavy atom. The standard InChI is InChI=1S/C12H20O4/c1-8(10(13)14)11(15)16-12(2,3)9-6-4-5-7-9/h8-9H,4-7H2,1-3H3,(H,13,14). The molecule has 1 atom stereocenters. The van der Waals surface area contributed by atoms with Crippen LogP contribution in [-0.2, 0) is 14.3 Å². The number of hydrogen-bond acceptors (Lipinski definition) is 3. The summed E-state index contributed by atoms with van der Waals surface area (Å²) in [5.74, 6) is -2.49. The molecule has 0 heterocycles. The second kappa shape index (κ2) is 4.85. The lowest BCUT2D eigenvalue weighted by Crippen LogP contribution is -2.38. The number of carbonyl (C=O) groups excluding carboxylic acids is 1. The fourth-order valence-corrected chi connectivity index (χ4v) is 2.15. The molecule has 1 unspecified atom stereocenters. The fourth-order valence-electron chi connectivity index (χ4n) is 2.15. The van der Waals surface area contributed by atoms with Crippen LogP contribution >= 0.6 is 0 Å². The Morgan fingerprint density at radius 2 is 1.81 bits per heavy atom. The van der Waals surface area contributed by atoms with E-state index in [1.54, 1.807) is 0 Å². The number of carbonyl (C=O) groups is 2. The number of hydrogen-bond donors (Lipinski definition) is 1. The lowest BCUT2D eigenvalue weighted by Gasteiger charge is -2.32. The first-order chi connectivity index (χ1) is 7.34. The molecule has 0 aliphatic heterocycles. The van der Waals surface area contributed by atoms with Crippen molar-refractivity contribution in [3.8, 4) is 0 Å². The van der Waals surface area contributed by atoms with E-state index < -0.39 is 23.5 Å². The molecule has 1 N–H and O–H groups in total. The van der Waals surface area contributed by atoms with Crippen LogP contribution in [0.1, 0.15) is 46.5 Å². The van der Waals surface area contributed by atoms with E-state index in [-0.39, 0.29) is 0 Å². The predicted octanol–water partition coefficient (Wildman–Crippen LogP) is 2.22. The lowest BCUT2D eigenvalue weighted by atomic mass is 9.89. The molecule has 0 aromatic carbocycles. The van der Waals surface area contributed by atoms with Gasteiger partial charge in [0.1, 0.15) is 5.60 Å². The zero-order chi connectivity index (χ0) is 12.3. The first-order valence-corrected chi connectivity index (χ1v) is 5.80. The SMILES string of the molecule is CC(C(=O)O)C(=O)OC(C)(C)C1CCCC1. The molecule has 0 spiro atoms. The first-order valence-electron chi connectivity index (χ1n) is 5.80. The first kappa shape index (κ1) is 13.0. The van der Waals surface area contributed by atoms with Crippen LogP contribution in [0.2, 0.25) is 0 Å². The van der Waals surface area contributed by atoms with Crippen molar-refractivity contribution in [1.29, 1.82) is 0 Å². The number of rotatable bonds is 4. The molecule has 1 aliphatic carbocycles. The molecular weight excluding hydrogens is 208 g/mol. The van der Waals surface area contributed by atoms with Crippen molar-refractivity contribution >= 4 is 11.9 Å². The van der Waals surface area contributed by atoms with Crippen molar-refractivity contribution in [3.05, 3.63) is 0 Å². The highest BCUT2D eigenvalue weighted by molar-refractivity contribution is 5.93. The van der Waals surface area contributed by atoms with E-state index in [0.717, 1.165) is 12.8 Å². The van der Waals surface area contributed by atoms with Crippen LogP contribution in [0.15, 0.2) is 0 Å². The molecule has 16 heavy (non-hydrogen) atoms. The van der Waals surface area contributed by atoms with Gasteiger partial charge >= 0.3 is 11.9 Å². The van der Waals surface area contributed by atoms with Crippen LogP contribution < -0.4 is 0 Å². The molecule has 0 aromatic heterocycles. The Morgan fingerprint density at radius 3 is 2.25 bits per heavy atom. The third kappa shape index (κ3) is 2.97. The number of ether oxygens (including phenoxy) is 1. The van der Waals surface area contributed by atoms with Gasteiger partial charge < -0.3 is 9.84 Å². The highest BCUT2D eigenvalue weighted by atomic mass is 16.6. The molecule has 1 fully saturated rings. The Bertz CT molecular complexity index is 277. The fraction of sp³-hybridized carbons (Fsp3) is 0.833. The summed E-state index contributed by atoms with van der Waals surface area (Å²) in [6, 6.07) is 0. The van der Waals surface area contributed by atoms with Gasteiger partial charge in [-0.1, -0.05) is 12.8 Å². The third-order valence-electron chi connectivity index (χ3n) is 3.43. The number of carboxylic acids is 1. The molecule has 0 bridgehead atoms. The van der Waals surface area contributed by atoms with Crippen LogP contribution in [0.4, 0.5) is 0 Å². The van der Waals surface area contributed by atoms with Crippen LogP contribution in [0, 0.1) is 11.8 Å². The largest absolute Gasteiger partial charge is 0.481 e. The van der Waals surface area contributed by atoms with Gasteiger partial charge in [-0.15, -0.1) is 0 Å². The molecule has 4 heteroatoms. The van der Waals surface area contributed by atoms with Crippen molar-refractivity contribution in [2.24, 2.45) is 11.8 Å². The topological polar surface area (TPSA) is 63.6 Å². The highest BCUT2D eigenvalue weighted by Crippen LogP contribution is 2.36. The van der Waals surface area contributed by atoms with E-state index in [9.17, 15) is 9.59 Å². The van der Waals surface area contributed by atoms with Crippen LogP contribution in [0.3, 0.4) is 0 Å². The maximum atomic E-state index is 11.6. The van der Waals surface area contributed by atoms with E-state index in [1.165, 1.54) is 19.8 Å². The molecule has 1 rings (SSSR count). The summed E-state index contributed by atoms with van der Waals surface area (Å²) >= 11 is 0. The number of carboxylic acid groups (broad SMARTS) is 1. The summed E-state index contributed by atoms with van der Waals surface area (Å²) in [5.41, 5.74) is -0.544. The molecule has 0 amide bonds. The van der Waals surface area contributed by atoms with Gasteiger partial charge in [-0.25, -0.2) is 0 Å². The summed E-state index contributed by atoms with van der Waals surface area (Å²) in [6.45, 7) is 5.10.